The minimum absolute atomic E-state index is 0.0439. The second kappa shape index (κ2) is 6.15. The van der Waals surface area contributed by atoms with Crippen LogP contribution in [0.25, 0.3) is 0 Å². The average molecular weight is 331 g/mol. The molecule has 1 aromatic carbocycles. The fraction of sp³-hybridized carbons (Fsp3) is 0.286. The Morgan fingerprint density at radius 1 is 1.23 bits per heavy atom. The SMILES string of the molecule is C[C@](O)(CNS(=O)(=O)c1c(F)cccc1F)Cc1ccco1. The van der Waals surface area contributed by atoms with Gasteiger partial charge in [0.2, 0.25) is 10.0 Å². The Bertz CT molecular complexity index is 722. The number of hydrogen-bond donors (Lipinski definition) is 2. The molecule has 0 saturated heterocycles. The number of halogens is 2. The molecule has 0 aliphatic carbocycles. The van der Waals surface area contributed by atoms with Gasteiger partial charge in [0, 0.05) is 13.0 Å². The minimum Gasteiger partial charge on any atom is -0.469 e. The summed E-state index contributed by atoms with van der Waals surface area (Å²) in [5.41, 5.74) is -1.48. The highest BCUT2D eigenvalue weighted by Crippen LogP contribution is 2.19. The van der Waals surface area contributed by atoms with Gasteiger partial charge in [0.1, 0.15) is 17.4 Å². The zero-order valence-corrected chi connectivity index (χ0v) is 12.5. The van der Waals surface area contributed by atoms with Gasteiger partial charge in [-0.05, 0) is 31.2 Å². The maximum absolute atomic E-state index is 13.5. The zero-order chi connectivity index (χ0) is 16.4. The molecule has 5 nitrogen and oxygen atoms in total. The Morgan fingerprint density at radius 3 is 2.41 bits per heavy atom. The van der Waals surface area contributed by atoms with E-state index in [0.29, 0.717) is 5.76 Å². The largest absolute Gasteiger partial charge is 0.469 e. The molecule has 8 heteroatoms. The lowest BCUT2D eigenvalue weighted by molar-refractivity contribution is 0.0603. The van der Waals surface area contributed by atoms with Gasteiger partial charge in [-0.2, -0.15) is 0 Å². The first kappa shape index (κ1) is 16.6. The van der Waals surface area contributed by atoms with Gasteiger partial charge in [-0.25, -0.2) is 21.9 Å². The van der Waals surface area contributed by atoms with E-state index < -0.39 is 38.7 Å². The maximum Gasteiger partial charge on any atom is 0.246 e. The first-order valence-electron chi connectivity index (χ1n) is 6.40. The van der Waals surface area contributed by atoms with Gasteiger partial charge in [0.25, 0.3) is 0 Å². The van der Waals surface area contributed by atoms with Crippen LogP contribution in [0.5, 0.6) is 0 Å². The molecule has 2 rings (SSSR count). The Balaban J connectivity index is 2.12. The van der Waals surface area contributed by atoms with Crippen LogP contribution in [0.4, 0.5) is 8.78 Å². The lowest BCUT2D eigenvalue weighted by Crippen LogP contribution is -2.42. The predicted octanol–water partition coefficient (Wildman–Crippen LogP) is 1.83. The van der Waals surface area contributed by atoms with Crippen molar-refractivity contribution in [2.75, 3.05) is 6.54 Å². The molecule has 0 amide bonds. The van der Waals surface area contributed by atoms with Crippen molar-refractivity contribution >= 4 is 10.0 Å². The molecule has 0 spiro atoms. The van der Waals surface area contributed by atoms with Crippen LogP contribution in [0.1, 0.15) is 12.7 Å². The van der Waals surface area contributed by atoms with E-state index in [2.05, 4.69) is 0 Å². The van der Waals surface area contributed by atoms with Crippen molar-refractivity contribution in [1.82, 2.24) is 4.72 Å². The molecule has 2 N–H and O–H groups in total. The Morgan fingerprint density at radius 2 is 1.86 bits per heavy atom. The molecule has 22 heavy (non-hydrogen) atoms. The molecule has 0 unspecified atom stereocenters. The van der Waals surface area contributed by atoms with E-state index in [4.69, 9.17) is 4.42 Å². The molecule has 2 aromatic rings. The van der Waals surface area contributed by atoms with Gasteiger partial charge < -0.3 is 9.52 Å². The van der Waals surface area contributed by atoms with E-state index in [1.165, 1.54) is 13.2 Å². The number of benzene rings is 1. The van der Waals surface area contributed by atoms with Gasteiger partial charge in [-0.3, -0.25) is 0 Å². The van der Waals surface area contributed by atoms with Crippen LogP contribution in [0.15, 0.2) is 45.9 Å². The first-order valence-corrected chi connectivity index (χ1v) is 7.88. The van der Waals surface area contributed by atoms with E-state index in [-0.39, 0.29) is 6.42 Å². The molecular formula is C14H15F2NO4S. The van der Waals surface area contributed by atoms with E-state index in [1.54, 1.807) is 12.1 Å². The summed E-state index contributed by atoms with van der Waals surface area (Å²) in [6.45, 7) is 0.958. The number of sulfonamides is 1. The van der Waals surface area contributed by atoms with E-state index in [0.717, 1.165) is 18.2 Å². The number of rotatable bonds is 6. The van der Waals surface area contributed by atoms with Crippen LogP contribution >= 0.6 is 0 Å². The summed E-state index contributed by atoms with van der Waals surface area (Å²) < 4.78 is 58.1. The fourth-order valence-electron chi connectivity index (χ4n) is 1.91. The summed E-state index contributed by atoms with van der Waals surface area (Å²) in [5, 5.41) is 10.2. The van der Waals surface area contributed by atoms with E-state index in [9.17, 15) is 22.3 Å². The smallest absolute Gasteiger partial charge is 0.246 e. The molecule has 0 saturated carbocycles. The standard InChI is InChI=1S/C14H15F2NO4S/c1-14(18,8-10-4-3-7-21-10)9-17-22(19,20)13-11(15)5-2-6-12(13)16/h2-7,17-18H,8-9H2,1H3/t14-/m1/s1. The van der Waals surface area contributed by atoms with Crippen molar-refractivity contribution in [3.63, 3.8) is 0 Å². The Labute approximate surface area is 126 Å². The summed E-state index contributed by atoms with van der Waals surface area (Å²) in [4.78, 5) is -1.07. The summed E-state index contributed by atoms with van der Waals surface area (Å²) in [5.74, 6) is -1.93. The number of aliphatic hydroxyl groups is 1. The van der Waals surface area contributed by atoms with Gasteiger partial charge in [-0.15, -0.1) is 0 Å². The van der Waals surface area contributed by atoms with Crippen LogP contribution in [0.2, 0.25) is 0 Å². The molecule has 0 aliphatic heterocycles. The molecule has 120 valence electrons. The average Bonchev–Trinajstić information content (AvgIpc) is 2.88. The van der Waals surface area contributed by atoms with Crippen LogP contribution in [-0.4, -0.2) is 25.7 Å². The Hall–Kier alpha value is -1.77. The van der Waals surface area contributed by atoms with Gasteiger partial charge in [-0.1, -0.05) is 6.07 Å². The van der Waals surface area contributed by atoms with Crippen LogP contribution in [0.3, 0.4) is 0 Å². The summed E-state index contributed by atoms with van der Waals surface area (Å²) >= 11 is 0. The van der Waals surface area contributed by atoms with Crippen LogP contribution < -0.4 is 4.72 Å². The highest BCUT2D eigenvalue weighted by atomic mass is 32.2. The predicted molar refractivity (Wildman–Crippen MR) is 74.6 cm³/mol. The summed E-state index contributed by atoms with van der Waals surface area (Å²) in [6.07, 6.45) is 1.46. The fourth-order valence-corrected chi connectivity index (χ4v) is 3.21. The highest BCUT2D eigenvalue weighted by molar-refractivity contribution is 7.89. The lowest BCUT2D eigenvalue weighted by atomic mass is 10.0. The van der Waals surface area contributed by atoms with E-state index in [1.807, 2.05) is 4.72 Å². The van der Waals surface area contributed by atoms with Crippen molar-refractivity contribution in [2.45, 2.75) is 23.8 Å². The topological polar surface area (TPSA) is 79.5 Å². The molecule has 0 aliphatic rings. The van der Waals surface area contributed by atoms with Crippen molar-refractivity contribution in [3.05, 3.63) is 54.0 Å². The molecular weight excluding hydrogens is 316 g/mol. The lowest BCUT2D eigenvalue weighted by Gasteiger charge is -2.22. The maximum atomic E-state index is 13.5. The third-order valence-corrected chi connectivity index (χ3v) is 4.42. The zero-order valence-electron chi connectivity index (χ0n) is 11.7. The highest BCUT2D eigenvalue weighted by Gasteiger charge is 2.29. The third kappa shape index (κ3) is 3.90. The first-order chi connectivity index (χ1) is 10.2. The minimum atomic E-state index is -4.42. The quantitative estimate of drug-likeness (QED) is 0.846. The number of hydrogen-bond acceptors (Lipinski definition) is 4. The second-order valence-electron chi connectivity index (χ2n) is 5.13. The van der Waals surface area contributed by atoms with Crippen LogP contribution in [0, 0.1) is 11.6 Å². The van der Waals surface area contributed by atoms with Gasteiger partial charge >= 0.3 is 0 Å². The normalized spacial score (nSPS) is 14.7. The molecule has 1 heterocycles. The monoisotopic (exact) mass is 331 g/mol. The second-order valence-corrected chi connectivity index (χ2v) is 6.83. The molecule has 1 aromatic heterocycles. The van der Waals surface area contributed by atoms with Gasteiger partial charge in [0.05, 0.1) is 11.9 Å². The van der Waals surface area contributed by atoms with Crippen LogP contribution in [-0.2, 0) is 16.4 Å². The van der Waals surface area contributed by atoms with Crippen molar-refractivity contribution in [3.8, 4) is 0 Å². The molecule has 1 atom stereocenters. The molecule has 0 radical (unpaired) electrons. The molecule has 0 bridgehead atoms. The van der Waals surface area contributed by atoms with E-state index >= 15 is 0 Å². The van der Waals surface area contributed by atoms with Crippen molar-refractivity contribution < 1.29 is 26.7 Å². The third-order valence-electron chi connectivity index (χ3n) is 2.97. The Kier molecular flexibility index (Phi) is 4.64. The summed E-state index contributed by atoms with van der Waals surface area (Å²) in [7, 11) is -4.42. The number of furan rings is 1. The van der Waals surface area contributed by atoms with Gasteiger partial charge in [0.15, 0.2) is 4.90 Å². The molecule has 0 fully saturated rings. The number of nitrogens with one attached hydrogen (secondary N) is 1. The van der Waals surface area contributed by atoms with Crippen molar-refractivity contribution in [1.29, 1.82) is 0 Å². The summed E-state index contributed by atoms with van der Waals surface area (Å²) in [6, 6.07) is 6.01. The van der Waals surface area contributed by atoms with Crippen molar-refractivity contribution in [2.24, 2.45) is 0 Å².